The predicted octanol–water partition coefficient (Wildman–Crippen LogP) is 3.81. The normalized spacial score (nSPS) is 16.1. The highest BCUT2D eigenvalue weighted by Gasteiger charge is 2.21. The van der Waals surface area contributed by atoms with Gasteiger partial charge in [-0.05, 0) is 31.0 Å². The molecule has 1 aromatic carbocycles. The molecule has 5 heteroatoms. The SMILES string of the molecule is Nc1c(C(=O)NC2CCCC2)sc2ccc(Cl)cc12. The first kappa shape index (κ1) is 12.8. The molecule has 3 N–H and O–H groups in total. The molecule has 0 atom stereocenters. The largest absolute Gasteiger partial charge is 0.397 e. The van der Waals surface area contributed by atoms with E-state index in [-0.39, 0.29) is 5.91 Å². The van der Waals surface area contributed by atoms with Gasteiger partial charge in [0.25, 0.3) is 5.91 Å². The van der Waals surface area contributed by atoms with Crippen LogP contribution in [0.5, 0.6) is 0 Å². The second kappa shape index (κ2) is 5.02. The second-order valence-corrected chi connectivity index (χ2v) is 6.43. The van der Waals surface area contributed by atoms with Crippen LogP contribution in [0.3, 0.4) is 0 Å². The Labute approximate surface area is 120 Å². The molecule has 0 unspecified atom stereocenters. The van der Waals surface area contributed by atoms with Gasteiger partial charge in [-0.3, -0.25) is 4.79 Å². The predicted molar refractivity (Wildman–Crippen MR) is 81.0 cm³/mol. The zero-order valence-corrected chi connectivity index (χ0v) is 12.0. The van der Waals surface area contributed by atoms with Gasteiger partial charge in [-0.15, -0.1) is 11.3 Å². The molecule has 1 amide bonds. The average molecular weight is 295 g/mol. The van der Waals surface area contributed by atoms with Crippen LogP contribution in [-0.4, -0.2) is 11.9 Å². The van der Waals surface area contributed by atoms with Gasteiger partial charge >= 0.3 is 0 Å². The standard InChI is InChI=1S/C14H15ClN2OS/c15-8-5-6-11-10(7-8)12(16)13(19-11)14(18)17-9-3-1-2-4-9/h5-7,9H,1-4,16H2,(H,17,18). The van der Waals surface area contributed by atoms with Crippen LogP contribution in [0.2, 0.25) is 5.02 Å². The van der Waals surface area contributed by atoms with Gasteiger partial charge in [0, 0.05) is 21.2 Å². The zero-order valence-electron chi connectivity index (χ0n) is 10.4. The minimum Gasteiger partial charge on any atom is -0.397 e. The van der Waals surface area contributed by atoms with Crippen molar-refractivity contribution in [2.24, 2.45) is 0 Å². The van der Waals surface area contributed by atoms with Gasteiger partial charge in [0.1, 0.15) is 4.88 Å². The summed E-state index contributed by atoms with van der Waals surface area (Å²) < 4.78 is 0.999. The van der Waals surface area contributed by atoms with Crippen molar-refractivity contribution >= 4 is 44.6 Å². The van der Waals surface area contributed by atoms with E-state index in [1.54, 1.807) is 0 Å². The molecule has 3 nitrogen and oxygen atoms in total. The van der Waals surface area contributed by atoms with Crippen LogP contribution in [0.1, 0.15) is 35.4 Å². The summed E-state index contributed by atoms with van der Waals surface area (Å²) in [6, 6.07) is 5.85. The van der Waals surface area contributed by atoms with E-state index in [1.165, 1.54) is 24.2 Å². The fraction of sp³-hybridized carbons (Fsp3) is 0.357. The maximum atomic E-state index is 12.3. The smallest absolute Gasteiger partial charge is 0.263 e. The van der Waals surface area contributed by atoms with Gasteiger partial charge in [0.2, 0.25) is 0 Å². The molecule has 0 saturated heterocycles. The van der Waals surface area contributed by atoms with Crippen LogP contribution in [0.15, 0.2) is 18.2 Å². The number of fused-ring (bicyclic) bond motifs is 1. The Kier molecular flexibility index (Phi) is 3.37. The number of carbonyl (C=O) groups is 1. The molecule has 100 valence electrons. The van der Waals surface area contributed by atoms with Gasteiger partial charge in [-0.2, -0.15) is 0 Å². The maximum absolute atomic E-state index is 12.3. The van der Waals surface area contributed by atoms with Crippen LogP contribution < -0.4 is 11.1 Å². The fourth-order valence-electron chi connectivity index (χ4n) is 2.58. The quantitative estimate of drug-likeness (QED) is 0.885. The molecule has 1 aromatic heterocycles. The summed E-state index contributed by atoms with van der Waals surface area (Å²) in [5.41, 5.74) is 6.61. The van der Waals surface area contributed by atoms with Crippen molar-refractivity contribution in [2.45, 2.75) is 31.7 Å². The zero-order chi connectivity index (χ0) is 13.4. The van der Waals surface area contributed by atoms with Crippen molar-refractivity contribution in [1.29, 1.82) is 0 Å². The molecule has 0 aliphatic heterocycles. The third kappa shape index (κ3) is 2.42. The first-order chi connectivity index (χ1) is 9.15. The van der Waals surface area contributed by atoms with E-state index in [2.05, 4.69) is 5.32 Å². The molecule has 1 saturated carbocycles. The van der Waals surface area contributed by atoms with Crippen LogP contribution in [0.4, 0.5) is 5.69 Å². The topological polar surface area (TPSA) is 55.1 Å². The van der Waals surface area contributed by atoms with E-state index >= 15 is 0 Å². The summed E-state index contributed by atoms with van der Waals surface area (Å²) >= 11 is 7.39. The lowest BCUT2D eigenvalue weighted by atomic mass is 10.2. The maximum Gasteiger partial charge on any atom is 0.263 e. The van der Waals surface area contributed by atoms with Crippen molar-refractivity contribution in [1.82, 2.24) is 5.32 Å². The van der Waals surface area contributed by atoms with Crippen LogP contribution in [0.25, 0.3) is 10.1 Å². The summed E-state index contributed by atoms with van der Waals surface area (Å²) in [5, 5.41) is 4.58. The fourth-order valence-corrected chi connectivity index (χ4v) is 3.76. The number of amides is 1. The average Bonchev–Trinajstić information content (AvgIpc) is 2.98. The third-order valence-corrected chi connectivity index (χ3v) is 5.01. The highest BCUT2D eigenvalue weighted by Crippen LogP contribution is 2.35. The Morgan fingerprint density at radius 3 is 2.84 bits per heavy atom. The molecule has 1 aliphatic carbocycles. The van der Waals surface area contributed by atoms with E-state index < -0.39 is 0 Å². The number of nitrogen functional groups attached to an aromatic ring is 1. The van der Waals surface area contributed by atoms with E-state index in [0.717, 1.165) is 22.9 Å². The molecule has 1 aliphatic rings. The van der Waals surface area contributed by atoms with Crippen molar-refractivity contribution in [3.8, 4) is 0 Å². The van der Waals surface area contributed by atoms with Crippen LogP contribution in [-0.2, 0) is 0 Å². The number of halogens is 1. The number of benzene rings is 1. The summed E-state index contributed by atoms with van der Waals surface area (Å²) in [5.74, 6) is -0.0540. The first-order valence-corrected chi connectivity index (χ1v) is 7.63. The molecular weight excluding hydrogens is 280 g/mol. The molecule has 0 spiro atoms. The number of thiophene rings is 1. The molecule has 2 aromatic rings. The Hall–Kier alpha value is -1.26. The third-order valence-electron chi connectivity index (χ3n) is 3.59. The van der Waals surface area contributed by atoms with Gasteiger partial charge in [-0.25, -0.2) is 0 Å². The Bertz CT molecular complexity index is 632. The number of carbonyl (C=O) groups excluding carboxylic acids is 1. The monoisotopic (exact) mass is 294 g/mol. The molecular formula is C14H15ClN2OS. The van der Waals surface area contributed by atoms with Crippen molar-refractivity contribution < 1.29 is 4.79 Å². The molecule has 19 heavy (non-hydrogen) atoms. The summed E-state index contributed by atoms with van der Waals surface area (Å²) in [6.07, 6.45) is 4.54. The minimum atomic E-state index is -0.0540. The summed E-state index contributed by atoms with van der Waals surface area (Å²) in [4.78, 5) is 12.9. The molecule has 3 rings (SSSR count). The lowest BCUT2D eigenvalue weighted by molar-refractivity contribution is 0.0943. The van der Waals surface area contributed by atoms with Crippen molar-refractivity contribution in [3.05, 3.63) is 28.1 Å². The number of hydrogen-bond acceptors (Lipinski definition) is 3. The van der Waals surface area contributed by atoms with E-state index in [0.29, 0.717) is 21.6 Å². The molecule has 0 radical (unpaired) electrons. The van der Waals surface area contributed by atoms with E-state index in [9.17, 15) is 4.79 Å². The van der Waals surface area contributed by atoms with Gasteiger partial charge in [0.05, 0.1) is 5.69 Å². The van der Waals surface area contributed by atoms with Crippen LogP contribution in [0, 0.1) is 0 Å². The Morgan fingerprint density at radius 2 is 2.11 bits per heavy atom. The number of rotatable bonds is 2. The number of anilines is 1. The van der Waals surface area contributed by atoms with Crippen molar-refractivity contribution in [2.75, 3.05) is 5.73 Å². The lowest BCUT2D eigenvalue weighted by Gasteiger charge is -2.10. The molecule has 1 fully saturated rings. The van der Waals surface area contributed by atoms with Gasteiger partial charge in [0.15, 0.2) is 0 Å². The van der Waals surface area contributed by atoms with Gasteiger partial charge in [-0.1, -0.05) is 24.4 Å². The molecule has 0 bridgehead atoms. The van der Waals surface area contributed by atoms with E-state index in [4.69, 9.17) is 17.3 Å². The summed E-state index contributed by atoms with van der Waals surface area (Å²) in [7, 11) is 0. The first-order valence-electron chi connectivity index (χ1n) is 6.43. The lowest BCUT2D eigenvalue weighted by Crippen LogP contribution is -2.32. The second-order valence-electron chi connectivity index (χ2n) is 4.94. The Morgan fingerprint density at radius 1 is 1.37 bits per heavy atom. The minimum absolute atomic E-state index is 0.0540. The highest BCUT2D eigenvalue weighted by molar-refractivity contribution is 7.21. The summed E-state index contributed by atoms with van der Waals surface area (Å²) in [6.45, 7) is 0. The van der Waals surface area contributed by atoms with Gasteiger partial charge < -0.3 is 11.1 Å². The Balaban J connectivity index is 1.91. The highest BCUT2D eigenvalue weighted by atomic mass is 35.5. The number of nitrogens with one attached hydrogen (secondary N) is 1. The number of hydrogen-bond donors (Lipinski definition) is 2. The van der Waals surface area contributed by atoms with E-state index in [1.807, 2.05) is 18.2 Å². The number of nitrogens with two attached hydrogens (primary N) is 1. The van der Waals surface area contributed by atoms with Crippen molar-refractivity contribution in [3.63, 3.8) is 0 Å². The molecule has 1 heterocycles. The van der Waals surface area contributed by atoms with Crippen LogP contribution >= 0.6 is 22.9 Å².